The third kappa shape index (κ3) is 1.99. The Morgan fingerprint density at radius 1 is 1.57 bits per heavy atom. The first-order valence-electron chi connectivity index (χ1n) is 3.59. The number of nitrogens with zero attached hydrogens (tertiary/aromatic N) is 2. The first kappa shape index (κ1) is 10.5. The van der Waals surface area contributed by atoms with E-state index in [1.165, 1.54) is 0 Å². The molecule has 0 amide bonds. The summed E-state index contributed by atoms with van der Waals surface area (Å²) in [5, 5.41) is 18.9. The van der Waals surface area contributed by atoms with Crippen LogP contribution in [-0.2, 0) is 6.61 Å². The van der Waals surface area contributed by atoms with Gasteiger partial charge in [0.1, 0.15) is 0 Å². The molecular weight excluding hydrogens is 198 g/mol. The van der Waals surface area contributed by atoms with Crippen molar-refractivity contribution in [2.45, 2.75) is 13.0 Å². The molecule has 5 nitrogen and oxygen atoms in total. The van der Waals surface area contributed by atoms with Crippen LogP contribution in [-0.4, -0.2) is 15.0 Å². The van der Waals surface area contributed by atoms with Gasteiger partial charge in [-0.25, -0.2) is 13.8 Å². The number of pyridine rings is 1. The second kappa shape index (κ2) is 4.05. The zero-order chi connectivity index (χ0) is 10.7. The molecule has 0 aliphatic rings. The van der Waals surface area contributed by atoms with Gasteiger partial charge in [-0.3, -0.25) is 10.1 Å². The highest BCUT2D eigenvalue weighted by molar-refractivity contribution is 5.36. The molecule has 1 N–H and O–H groups in total. The number of aliphatic hydroxyl groups excluding tert-OH is 1. The standard InChI is InChI=1S/C7H6F2N2O3/c8-7(9)6-5(11(13)14)2-1-4(3-12)10-6/h1-2,7,12H,3H2. The predicted octanol–water partition coefficient (Wildman–Crippen LogP) is 1.42. The van der Waals surface area contributed by atoms with E-state index in [4.69, 9.17) is 5.11 Å². The van der Waals surface area contributed by atoms with Crippen molar-refractivity contribution in [3.05, 3.63) is 33.6 Å². The van der Waals surface area contributed by atoms with Crippen molar-refractivity contribution in [3.63, 3.8) is 0 Å². The quantitative estimate of drug-likeness (QED) is 0.596. The van der Waals surface area contributed by atoms with E-state index in [-0.39, 0.29) is 5.69 Å². The minimum absolute atomic E-state index is 0.0223. The Kier molecular flexibility index (Phi) is 3.03. The van der Waals surface area contributed by atoms with Crippen molar-refractivity contribution < 1.29 is 18.8 Å². The maximum atomic E-state index is 12.3. The van der Waals surface area contributed by atoms with Gasteiger partial charge in [-0.05, 0) is 6.07 Å². The molecule has 0 spiro atoms. The summed E-state index contributed by atoms with van der Waals surface area (Å²) in [5.41, 5.74) is -1.68. The third-order valence-electron chi connectivity index (χ3n) is 1.53. The van der Waals surface area contributed by atoms with E-state index in [0.717, 1.165) is 12.1 Å². The Labute approximate surface area is 77.2 Å². The number of hydrogen-bond donors (Lipinski definition) is 1. The lowest BCUT2D eigenvalue weighted by molar-refractivity contribution is -0.386. The maximum absolute atomic E-state index is 12.3. The predicted molar refractivity (Wildman–Crippen MR) is 41.8 cm³/mol. The van der Waals surface area contributed by atoms with Crippen LogP contribution in [0.25, 0.3) is 0 Å². The largest absolute Gasteiger partial charge is 0.390 e. The van der Waals surface area contributed by atoms with E-state index in [2.05, 4.69) is 4.98 Å². The maximum Gasteiger partial charge on any atom is 0.296 e. The van der Waals surface area contributed by atoms with Gasteiger partial charge in [0.2, 0.25) is 0 Å². The number of alkyl halides is 2. The molecule has 1 heterocycles. The van der Waals surface area contributed by atoms with Crippen LogP contribution >= 0.6 is 0 Å². The van der Waals surface area contributed by atoms with Crippen molar-refractivity contribution in [3.8, 4) is 0 Å². The fraction of sp³-hybridized carbons (Fsp3) is 0.286. The van der Waals surface area contributed by atoms with E-state index in [1.54, 1.807) is 0 Å². The summed E-state index contributed by atoms with van der Waals surface area (Å²) in [4.78, 5) is 12.6. The molecule has 76 valence electrons. The summed E-state index contributed by atoms with van der Waals surface area (Å²) in [5.74, 6) is 0. The van der Waals surface area contributed by atoms with Crippen molar-refractivity contribution >= 4 is 5.69 Å². The first-order valence-corrected chi connectivity index (χ1v) is 3.59. The van der Waals surface area contributed by atoms with Crippen LogP contribution in [0.3, 0.4) is 0 Å². The summed E-state index contributed by atoms with van der Waals surface area (Å²) in [6, 6.07) is 2.03. The van der Waals surface area contributed by atoms with Gasteiger partial charge in [0.15, 0.2) is 5.69 Å². The minimum Gasteiger partial charge on any atom is -0.390 e. The molecule has 7 heteroatoms. The van der Waals surface area contributed by atoms with E-state index in [1.807, 2.05) is 0 Å². The van der Waals surface area contributed by atoms with Gasteiger partial charge in [0.05, 0.1) is 17.2 Å². The molecule has 1 aromatic heterocycles. The Bertz CT molecular complexity index is 357. The molecule has 0 fully saturated rings. The fourth-order valence-corrected chi connectivity index (χ4v) is 0.913. The molecule has 0 unspecified atom stereocenters. The Morgan fingerprint density at radius 3 is 2.64 bits per heavy atom. The Morgan fingerprint density at radius 2 is 2.21 bits per heavy atom. The molecule has 1 aromatic rings. The average molecular weight is 204 g/mol. The third-order valence-corrected chi connectivity index (χ3v) is 1.53. The molecule has 0 aromatic carbocycles. The first-order chi connectivity index (χ1) is 6.56. The Hall–Kier alpha value is -1.63. The van der Waals surface area contributed by atoms with Gasteiger partial charge in [-0.2, -0.15) is 0 Å². The minimum atomic E-state index is -3.03. The molecule has 0 aliphatic heterocycles. The number of rotatable bonds is 3. The summed E-state index contributed by atoms with van der Waals surface area (Å²) < 4.78 is 24.5. The lowest BCUT2D eigenvalue weighted by Crippen LogP contribution is -2.02. The summed E-state index contributed by atoms with van der Waals surface area (Å²) in [6.45, 7) is -0.530. The molecule has 0 bridgehead atoms. The van der Waals surface area contributed by atoms with Crippen molar-refractivity contribution in [1.29, 1.82) is 0 Å². The van der Waals surface area contributed by atoms with Crippen LogP contribution in [0.4, 0.5) is 14.5 Å². The monoisotopic (exact) mass is 204 g/mol. The van der Waals surface area contributed by atoms with Crippen LogP contribution in [0.15, 0.2) is 12.1 Å². The summed E-state index contributed by atoms with van der Waals surface area (Å²) in [6.07, 6.45) is -3.03. The molecule has 0 saturated carbocycles. The van der Waals surface area contributed by atoms with Gasteiger partial charge in [0.25, 0.3) is 12.1 Å². The zero-order valence-corrected chi connectivity index (χ0v) is 6.85. The molecule has 0 atom stereocenters. The number of nitro groups is 1. The van der Waals surface area contributed by atoms with E-state index < -0.39 is 29.3 Å². The van der Waals surface area contributed by atoms with Crippen LogP contribution in [0.5, 0.6) is 0 Å². The van der Waals surface area contributed by atoms with Crippen LogP contribution in [0, 0.1) is 10.1 Å². The number of halogens is 2. The van der Waals surface area contributed by atoms with Crippen LogP contribution in [0.1, 0.15) is 17.8 Å². The van der Waals surface area contributed by atoms with Crippen molar-refractivity contribution in [1.82, 2.24) is 4.98 Å². The summed E-state index contributed by atoms with van der Waals surface area (Å²) >= 11 is 0. The Balaban J connectivity index is 3.24. The van der Waals surface area contributed by atoms with E-state index in [0.29, 0.717) is 0 Å². The zero-order valence-electron chi connectivity index (χ0n) is 6.85. The SMILES string of the molecule is O=[N+]([O-])c1ccc(CO)nc1C(F)F. The van der Waals surface area contributed by atoms with Crippen molar-refractivity contribution in [2.24, 2.45) is 0 Å². The molecule has 0 saturated heterocycles. The molecule has 1 rings (SSSR count). The smallest absolute Gasteiger partial charge is 0.296 e. The second-order valence-electron chi connectivity index (χ2n) is 2.42. The lowest BCUT2D eigenvalue weighted by atomic mass is 10.2. The molecule has 0 aliphatic carbocycles. The topological polar surface area (TPSA) is 76.3 Å². The van der Waals surface area contributed by atoms with Gasteiger partial charge >= 0.3 is 0 Å². The second-order valence-corrected chi connectivity index (χ2v) is 2.42. The molecule has 0 radical (unpaired) electrons. The number of hydrogen-bond acceptors (Lipinski definition) is 4. The highest BCUT2D eigenvalue weighted by Gasteiger charge is 2.23. The van der Waals surface area contributed by atoms with Crippen LogP contribution in [0.2, 0.25) is 0 Å². The summed E-state index contributed by atoms with van der Waals surface area (Å²) in [7, 11) is 0. The van der Waals surface area contributed by atoms with E-state index in [9.17, 15) is 18.9 Å². The van der Waals surface area contributed by atoms with Gasteiger partial charge in [-0.15, -0.1) is 0 Å². The highest BCUT2D eigenvalue weighted by Crippen LogP contribution is 2.26. The van der Waals surface area contributed by atoms with Crippen molar-refractivity contribution in [2.75, 3.05) is 0 Å². The molecule has 14 heavy (non-hydrogen) atoms. The lowest BCUT2D eigenvalue weighted by Gasteiger charge is -2.02. The highest BCUT2D eigenvalue weighted by atomic mass is 19.3. The van der Waals surface area contributed by atoms with E-state index >= 15 is 0 Å². The van der Waals surface area contributed by atoms with Gasteiger partial charge < -0.3 is 5.11 Å². The van der Waals surface area contributed by atoms with Gasteiger partial charge in [0, 0.05) is 6.07 Å². The number of aromatic nitrogens is 1. The normalized spacial score (nSPS) is 10.6. The average Bonchev–Trinajstić information content (AvgIpc) is 2.16. The van der Waals surface area contributed by atoms with Crippen LogP contribution < -0.4 is 0 Å². The van der Waals surface area contributed by atoms with Gasteiger partial charge in [-0.1, -0.05) is 0 Å². The molecular formula is C7H6F2N2O3. The number of aliphatic hydroxyl groups is 1. The fourth-order valence-electron chi connectivity index (χ4n) is 0.913.